The molecule has 0 aliphatic carbocycles. The Morgan fingerprint density at radius 3 is 3.06 bits per heavy atom. The largest absolute Gasteiger partial charge is 0.492 e. The zero-order valence-electron chi connectivity index (χ0n) is 9.18. The first-order chi connectivity index (χ1) is 7.74. The normalized spacial score (nSPS) is 23.1. The first kappa shape index (κ1) is 11.0. The van der Waals surface area contributed by atoms with E-state index < -0.39 is 5.92 Å². The molecule has 1 aromatic carbocycles. The lowest BCUT2D eigenvalue weighted by Gasteiger charge is -2.29. The van der Waals surface area contributed by atoms with Gasteiger partial charge < -0.3 is 15.2 Å². The van der Waals surface area contributed by atoms with Crippen LogP contribution in [0, 0.1) is 5.92 Å². The van der Waals surface area contributed by atoms with E-state index in [1.54, 1.807) is 6.92 Å². The van der Waals surface area contributed by atoms with E-state index in [2.05, 4.69) is 0 Å². The number of esters is 1. The lowest BCUT2D eigenvalue weighted by Crippen LogP contribution is -2.37. The highest BCUT2D eigenvalue weighted by Crippen LogP contribution is 2.33. The Morgan fingerprint density at radius 1 is 1.56 bits per heavy atom. The van der Waals surface area contributed by atoms with Crippen LogP contribution < -0.4 is 10.5 Å². The van der Waals surface area contributed by atoms with E-state index in [1.165, 1.54) is 0 Å². The van der Waals surface area contributed by atoms with Gasteiger partial charge in [-0.1, -0.05) is 18.2 Å². The molecule has 0 radical (unpaired) electrons. The Balaban J connectivity index is 2.21. The molecule has 4 nitrogen and oxygen atoms in total. The summed E-state index contributed by atoms with van der Waals surface area (Å²) >= 11 is 0. The molecule has 2 atom stereocenters. The highest BCUT2D eigenvalue weighted by atomic mass is 16.5. The van der Waals surface area contributed by atoms with E-state index in [4.69, 9.17) is 15.2 Å². The highest BCUT2D eigenvalue weighted by molar-refractivity contribution is 5.74. The molecule has 0 saturated carbocycles. The van der Waals surface area contributed by atoms with Crippen molar-refractivity contribution in [2.24, 2.45) is 11.7 Å². The summed E-state index contributed by atoms with van der Waals surface area (Å²) in [5, 5.41) is 0. The van der Waals surface area contributed by atoms with Gasteiger partial charge in [0.15, 0.2) is 0 Å². The van der Waals surface area contributed by atoms with Crippen LogP contribution in [0.15, 0.2) is 24.3 Å². The van der Waals surface area contributed by atoms with Gasteiger partial charge in [0.1, 0.15) is 18.3 Å². The molecule has 0 spiro atoms. The van der Waals surface area contributed by atoms with E-state index >= 15 is 0 Å². The molecule has 1 aliphatic rings. The number of carbonyl (C=O) groups is 1. The number of hydrogen-bond acceptors (Lipinski definition) is 4. The average Bonchev–Trinajstić information content (AvgIpc) is 2.30. The van der Waals surface area contributed by atoms with Gasteiger partial charge in [0.2, 0.25) is 0 Å². The molecule has 2 N–H and O–H groups in total. The van der Waals surface area contributed by atoms with E-state index in [9.17, 15) is 4.79 Å². The number of ether oxygens (including phenoxy) is 2. The monoisotopic (exact) mass is 221 g/mol. The molecule has 0 fully saturated rings. The van der Waals surface area contributed by atoms with Gasteiger partial charge >= 0.3 is 5.97 Å². The third-order valence-corrected chi connectivity index (χ3v) is 2.72. The Kier molecular flexibility index (Phi) is 3.10. The fourth-order valence-corrected chi connectivity index (χ4v) is 1.85. The van der Waals surface area contributed by atoms with E-state index in [-0.39, 0.29) is 18.6 Å². The van der Waals surface area contributed by atoms with Crippen LogP contribution in [0.3, 0.4) is 0 Å². The van der Waals surface area contributed by atoms with Crippen molar-refractivity contribution < 1.29 is 14.3 Å². The summed E-state index contributed by atoms with van der Waals surface area (Å²) in [5.74, 6) is 0.0647. The first-order valence-electron chi connectivity index (χ1n) is 5.38. The Labute approximate surface area is 94.3 Å². The van der Waals surface area contributed by atoms with Gasteiger partial charge in [-0.2, -0.15) is 0 Å². The van der Waals surface area contributed by atoms with Crippen LogP contribution >= 0.6 is 0 Å². The minimum absolute atomic E-state index is 0.287. The summed E-state index contributed by atoms with van der Waals surface area (Å²) in [6.45, 7) is 2.43. The smallest absolute Gasteiger partial charge is 0.314 e. The van der Waals surface area contributed by atoms with E-state index in [0.29, 0.717) is 6.61 Å². The van der Waals surface area contributed by atoms with Gasteiger partial charge in [-0.15, -0.1) is 0 Å². The molecule has 0 amide bonds. The molecule has 0 unspecified atom stereocenters. The molecule has 0 saturated heterocycles. The van der Waals surface area contributed by atoms with Crippen LogP contribution in [0.25, 0.3) is 0 Å². The quantitative estimate of drug-likeness (QED) is 0.764. The molecule has 0 bridgehead atoms. The highest BCUT2D eigenvalue weighted by Gasteiger charge is 2.34. The summed E-state index contributed by atoms with van der Waals surface area (Å²) in [4.78, 5) is 11.6. The Morgan fingerprint density at radius 2 is 2.31 bits per heavy atom. The van der Waals surface area contributed by atoms with Crippen molar-refractivity contribution in [2.45, 2.75) is 13.0 Å². The van der Waals surface area contributed by atoms with Crippen molar-refractivity contribution in [1.82, 2.24) is 0 Å². The minimum Gasteiger partial charge on any atom is -0.492 e. The predicted molar refractivity (Wildman–Crippen MR) is 59.0 cm³/mol. The third-order valence-electron chi connectivity index (χ3n) is 2.72. The van der Waals surface area contributed by atoms with Crippen LogP contribution in [0.1, 0.15) is 18.5 Å². The molecule has 1 aliphatic heterocycles. The summed E-state index contributed by atoms with van der Waals surface area (Å²) in [5.41, 5.74) is 6.91. The number of nitrogens with two attached hydrogens (primary N) is 1. The zero-order chi connectivity index (χ0) is 11.5. The van der Waals surface area contributed by atoms with E-state index in [0.717, 1.165) is 11.3 Å². The minimum atomic E-state index is -0.408. The van der Waals surface area contributed by atoms with Crippen LogP contribution in [-0.4, -0.2) is 19.2 Å². The summed E-state index contributed by atoms with van der Waals surface area (Å²) in [6, 6.07) is 7.16. The molecule has 0 aromatic heterocycles. The van der Waals surface area contributed by atoms with Gasteiger partial charge in [0.25, 0.3) is 0 Å². The number of hydrogen-bond donors (Lipinski definition) is 1. The summed E-state index contributed by atoms with van der Waals surface area (Å²) < 4.78 is 10.5. The van der Waals surface area contributed by atoms with Gasteiger partial charge in [-0.05, 0) is 13.0 Å². The summed E-state index contributed by atoms with van der Waals surface area (Å²) in [6.07, 6.45) is 0. The maximum absolute atomic E-state index is 11.6. The lowest BCUT2D eigenvalue weighted by atomic mass is 9.91. The fraction of sp³-hybridized carbons (Fsp3) is 0.417. The number of rotatable bonds is 2. The van der Waals surface area contributed by atoms with Crippen molar-refractivity contribution in [3.05, 3.63) is 29.8 Å². The lowest BCUT2D eigenvalue weighted by molar-refractivity contribution is -0.150. The van der Waals surface area contributed by atoms with Gasteiger partial charge in [0.05, 0.1) is 6.61 Å². The molecule has 1 heterocycles. The number of fused-ring (bicyclic) bond motifs is 1. The van der Waals surface area contributed by atoms with Crippen molar-refractivity contribution in [3.8, 4) is 5.75 Å². The van der Waals surface area contributed by atoms with Crippen molar-refractivity contribution >= 4 is 5.97 Å². The van der Waals surface area contributed by atoms with Crippen LogP contribution in [0.2, 0.25) is 0 Å². The molecule has 4 heteroatoms. The second kappa shape index (κ2) is 4.53. The number of carbonyl (C=O) groups excluding carboxylic acids is 1. The molecule has 2 rings (SSSR count). The maximum atomic E-state index is 11.6. The van der Waals surface area contributed by atoms with E-state index in [1.807, 2.05) is 24.3 Å². The number of para-hydroxylation sites is 1. The van der Waals surface area contributed by atoms with Crippen LogP contribution in [0.5, 0.6) is 5.75 Å². The standard InChI is InChI=1S/C12H15NO3/c1-2-15-12(14)9-7-16-10-6-4-3-5-8(10)11(9)13/h3-6,9,11H,2,7,13H2,1H3/t9-,11+/m0/s1. The number of benzene rings is 1. The molecular weight excluding hydrogens is 206 g/mol. The SMILES string of the molecule is CCOC(=O)[C@H]1COc2ccccc2[C@H]1N. The topological polar surface area (TPSA) is 61.5 Å². The maximum Gasteiger partial charge on any atom is 0.314 e. The molecule has 16 heavy (non-hydrogen) atoms. The van der Waals surface area contributed by atoms with Crippen LogP contribution in [0.4, 0.5) is 0 Å². The first-order valence-corrected chi connectivity index (χ1v) is 5.38. The second-order valence-corrected chi connectivity index (χ2v) is 3.73. The second-order valence-electron chi connectivity index (χ2n) is 3.73. The van der Waals surface area contributed by atoms with Gasteiger partial charge in [0, 0.05) is 11.6 Å². The van der Waals surface area contributed by atoms with Gasteiger partial charge in [-0.3, -0.25) is 4.79 Å². The Bertz CT molecular complexity index is 392. The van der Waals surface area contributed by atoms with Crippen molar-refractivity contribution in [3.63, 3.8) is 0 Å². The molecular formula is C12H15NO3. The fourth-order valence-electron chi connectivity index (χ4n) is 1.85. The van der Waals surface area contributed by atoms with Crippen molar-refractivity contribution in [2.75, 3.05) is 13.2 Å². The third kappa shape index (κ3) is 1.88. The zero-order valence-corrected chi connectivity index (χ0v) is 9.18. The average molecular weight is 221 g/mol. The van der Waals surface area contributed by atoms with Crippen molar-refractivity contribution in [1.29, 1.82) is 0 Å². The summed E-state index contributed by atoms with van der Waals surface area (Å²) in [7, 11) is 0. The van der Waals surface area contributed by atoms with Crippen LogP contribution in [-0.2, 0) is 9.53 Å². The predicted octanol–water partition coefficient (Wildman–Crippen LogP) is 1.26. The Hall–Kier alpha value is -1.55. The van der Waals surface area contributed by atoms with Gasteiger partial charge in [-0.25, -0.2) is 0 Å². The molecule has 1 aromatic rings. The molecule has 86 valence electrons.